The van der Waals surface area contributed by atoms with Crippen LogP contribution in [0, 0.1) is 11.6 Å². The third-order valence-electron chi connectivity index (χ3n) is 4.54. The van der Waals surface area contributed by atoms with E-state index in [1.165, 1.54) is 24.4 Å². The third-order valence-corrected chi connectivity index (χ3v) is 4.85. The van der Waals surface area contributed by atoms with Gasteiger partial charge in [-0.3, -0.25) is 9.78 Å². The van der Waals surface area contributed by atoms with Crippen LogP contribution in [0.1, 0.15) is 23.6 Å². The highest BCUT2D eigenvalue weighted by molar-refractivity contribution is 6.30. The van der Waals surface area contributed by atoms with Gasteiger partial charge in [-0.1, -0.05) is 54.1 Å². The molecule has 1 saturated heterocycles. The Kier molecular flexibility index (Phi) is 7.67. The van der Waals surface area contributed by atoms with Crippen molar-refractivity contribution in [1.29, 1.82) is 0 Å². The molecular formula is C23H19ClF2N2O3. The Morgan fingerprint density at radius 2 is 1.81 bits per heavy atom. The number of aryl methyl sites for hydroxylation is 1. The maximum Gasteiger partial charge on any atom is 0.417 e. The minimum atomic E-state index is -0.638. The molecule has 1 atom stereocenters. The molecule has 160 valence electrons. The van der Waals surface area contributed by atoms with E-state index in [1.807, 2.05) is 30.3 Å². The van der Waals surface area contributed by atoms with Crippen LogP contribution < -0.4 is 0 Å². The van der Waals surface area contributed by atoms with Crippen molar-refractivity contribution in [2.45, 2.75) is 18.9 Å². The summed E-state index contributed by atoms with van der Waals surface area (Å²) in [6, 6.07) is 16.3. The van der Waals surface area contributed by atoms with Gasteiger partial charge in [-0.2, -0.15) is 0 Å². The van der Waals surface area contributed by atoms with Gasteiger partial charge >= 0.3 is 6.09 Å². The number of carbonyl (C=O) groups excluding carboxylic acids is 2. The molecule has 1 aliphatic heterocycles. The number of halogens is 3. The van der Waals surface area contributed by atoms with Gasteiger partial charge in [0.2, 0.25) is 5.91 Å². The summed E-state index contributed by atoms with van der Waals surface area (Å²) in [7, 11) is 0. The second kappa shape index (κ2) is 10.6. The molecule has 4 rings (SSSR count). The summed E-state index contributed by atoms with van der Waals surface area (Å²) < 4.78 is 30.3. The number of aromatic nitrogens is 1. The fraction of sp³-hybridized carbons (Fsp3) is 0.174. The second-order valence-electron chi connectivity index (χ2n) is 6.69. The van der Waals surface area contributed by atoms with Gasteiger partial charge in [0.15, 0.2) is 0 Å². The number of carbonyl (C=O) groups is 2. The SMILES string of the molecule is Fc1ccccc1Cl.O=C(CCc1cncc(F)c1)N1C(=O)OCC1c1ccccc1. The van der Waals surface area contributed by atoms with E-state index in [1.54, 1.807) is 12.1 Å². The molecule has 31 heavy (non-hydrogen) atoms. The molecule has 2 amide bonds. The first kappa shape index (κ1) is 22.4. The molecule has 5 nitrogen and oxygen atoms in total. The van der Waals surface area contributed by atoms with Crippen LogP contribution in [-0.4, -0.2) is 28.5 Å². The van der Waals surface area contributed by atoms with Crippen LogP contribution in [0.2, 0.25) is 5.02 Å². The fourth-order valence-electron chi connectivity index (χ4n) is 3.02. The quantitative estimate of drug-likeness (QED) is 0.544. The molecule has 0 saturated carbocycles. The second-order valence-corrected chi connectivity index (χ2v) is 7.10. The Bertz CT molecular complexity index is 1030. The van der Waals surface area contributed by atoms with E-state index in [9.17, 15) is 18.4 Å². The van der Waals surface area contributed by atoms with E-state index >= 15 is 0 Å². The number of cyclic esters (lactones) is 1. The van der Waals surface area contributed by atoms with Gasteiger partial charge in [0.05, 0.1) is 11.2 Å². The molecular weight excluding hydrogens is 426 g/mol. The van der Waals surface area contributed by atoms with Crippen LogP contribution in [-0.2, 0) is 16.0 Å². The van der Waals surface area contributed by atoms with Crippen LogP contribution in [0.4, 0.5) is 13.6 Å². The van der Waals surface area contributed by atoms with Crippen LogP contribution in [0.15, 0.2) is 73.1 Å². The molecule has 2 aromatic carbocycles. The minimum absolute atomic E-state index is 0.0869. The standard InChI is InChI=1S/C17H15FN2O3.C6H4ClF/c18-14-8-12(9-19-10-14)6-7-16(21)20-15(11-23-17(20)22)13-4-2-1-3-5-13;7-5-3-1-2-4-6(5)8/h1-5,8-10,15H,6-7,11H2;1-4H. The number of nitrogens with zero attached hydrogens (tertiary/aromatic N) is 2. The zero-order valence-corrected chi connectivity index (χ0v) is 17.1. The van der Waals surface area contributed by atoms with Gasteiger partial charge in [-0.15, -0.1) is 0 Å². The van der Waals surface area contributed by atoms with E-state index in [0.717, 1.165) is 16.7 Å². The first-order chi connectivity index (χ1) is 15.0. The predicted octanol–water partition coefficient (Wildman–Crippen LogP) is 5.35. The van der Waals surface area contributed by atoms with Gasteiger partial charge in [0.1, 0.15) is 24.3 Å². The lowest BCUT2D eigenvalue weighted by atomic mass is 10.1. The van der Waals surface area contributed by atoms with Crippen molar-refractivity contribution in [3.8, 4) is 0 Å². The first-order valence-electron chi connectivity index (χ1n) is 9.49. The molecule has 8 heteroatoms. The molecule has 0 aliphatic carbocycles. The molecule has 1 aliphatic rings. The number of imide groups is 1. The van der Waals surface area contributed by atoms with Crippen molar-refractivity contribution in [3.63, 3.8) is 0 Å². The van der Waals surface area contributed by atoms with E-state index < -0.39 is 18.0 Å². The number of hydrogen-bond donors (Lipinski definition) is 0. The maximum absolute atomic E-state index is 13.1. The summed E-state index contributed by atoms with van der Waals surface area (Å²) >= 11 is 5.33. The number of hydrogen-bond acceptors (Lipinski definition) is 4. The van der Waals surface area contributed by atoms with Gasteiger partial charge in [-0.25, -0.2) is 18.5 Å². The smallest absolute Gasteiger partial charge is 0.417 e. The minimum Gasteiger partial charge on any atom is -0.446 e. The van der Waals surface area contributed by atoms with Crippen molar-refractivity contribution >= 4 is 23.6 Å². The van der Waals surface area contributed by atoms with Crippen LogP contribution in [0.25, 0.3) is 0 Å². The highest BCUT2D eigenvalue weighted by atomic mass is 35.5. The zero-order valence-electron chi connectivity index (χ0n) is 16.4. The van der Waals surface area contributed by atoms with Crippen LogP contribution in [0.3, 0.4) is 0 Å². The fourth-order valence-corrected chi connectivity index (χ4v) is 3.16. The van der Waals surface area contributed by atoms with Crippen molar-refractivity contribution in [3.05, 3.63) is 101 Å². The largest absolute Gasteiger partial charge is 0.446 e. The molecule has 1 fully saturated rings. The van der Waals surface area contributed by atoms with Crippen molar-refractivity contribution in [2.24, 2.45) is 0 Å². The Hall–Kier alpha value is -3.32. The van der Waals surface area contributed by atoms with E-state index in [2.05, 4.69) is 4.98 Å². The molecule has 0 spiro atoms. The lowest BCUT2D eigenvalue weighted by Crippen LogP contribution is -2.34. The average molecular weight is 445 g/mol. The maximum atomic E-state index is 13.1. The van der Waals surface area contributed by atoms with E-state index in [-0.39, 0.29) is 29.8 Å². The Balaban J connectivity index is 0.000000287. The van der Waals surface area contributed by atoms with Crippen molar-refractivity contribution in [1.82, 2.24) is 9.88 Å². The summed E-state index contributed by atoms with van der Waals surface area (Å²) in [6.07, 6.45) is 2.38. The van der Waals surface area contributed by atoms with Gasteiger partial charge in [-0.05, 0) is 35.7 Å². The predicted molar refractivity (Wildman–Crippen MR) is 111 cm³/mol. The van der Waals surface area contributed by atoms with Crippen LogP contribution >= 0.6 is 11.6 Å². The summed E-state index contributed by atoms with van der Waals surface area (Å²) in [5, 5.41) is 0.174. The number of ether oxygens (including phenoxy) is 1. The molecule has 1 unspecified atom stereocenters. The average Bonchev–Trinajstić information content (AvgIpc) is 3.17. The monoisotopic (exact) mass is 444 g/mol. The Labute approximate surface area is 183 Å². The van der Waals surface area contributed by atoms with Gasteiger partial charge < -0.3 is 4.74 Å². The summed E-state index contributed by atoms with van der Waals surface area (Å²) in [6.45, 7) is 0.149. The molecule has 0 radical (unpaired) electrons. The van der Waals surface area contributed by atoms with Crippen molar-refractivity contribution in [2.75, 3.05) is 6.61 Å². The first-order valence-corrected chi connectivity index (χ1v) is 9.86. The number of rotatable bonds is 4. The molecule has 2 heterocycles. The van der Waals surface area contributed by atoms with E-state index in [4.69, 9.17) is 16.3 Å². The summed E-state index contributed by atoms with van der Waals surface area (Å²) in [4.78, 5) is 29.2. The van der Waals surface area contributed by atoms with Gasteiger partial charge in [0.25, 0.3) is 0 Å². The number of benzene rings is 2. The Morgan fingerprint density at radius 3 is 2.45 bits per heavy atom. The number of amides is 2. The topological polar surface area (TPSA) is 59.5 Å². The van der Waals surface area contributed by atoms with Gasteiger partial charge in [0, 0.05) is 12.6 Å². The highest BCUT2D eigenvalue weighted by Crippen LogP contribution is 2.28. The summed E-state index contributed by atoms with van der Waals surface area (Å²) in [5.41, 5.74) is 1.46. The van der Waals surface area contributed by atoms with E-state index in [0.29, 0.717) is 12.0 Å². The summed E-state index contributed by atoms with van der Waals surface area (Å²) in [5.74, 6) is -1.16. The lowest BCUT2D eigenvalue weighted by molar-refractivity contribution is -0.129. The molecule has 1 aromatic heterocycles. The lowest BCUT2D eigenvalue weighted by Gasteiger charge is -2.19. The van der Waals surface area contributed by atoms with Crippen molar-refractivity contribution < 1.29 is 23.1 Å². The Morgan fingerprint density at radius 1 is 1.10 bits per heavy atom. The molecule has 0 bridgehead atoms. The van der Waals surface area contributed by atoms with Crippen LogP contribution in [0.5, 0.6) is 0 Å². The number of pyridine rings is 1. The molecule has 0 N–H and O–H groups in total. The normalized spacial score (nSPS) is 15.1. The zero-order chi connectivity index (χ0) is 22.2. The highest BCUT2D eigenvalue weighted by Gasteiger charge is 2.38. The third kappa shape index (κ3) is 6.08. The molecule has 3 aromatic rings.